The van der Waals surface area contributed by atoms with Gasteiger partial charge in [0.25, 0.3) is 0 Å². The number of fused-ring (bicyclic) bond motifs is 1. The van der Waals surface area contributed by atoms with Crippen molar-refractivity contribution in [2.24, 2.45) is 4.99 Å². The van der Waals surface area contributed by atoms with Crippen molar-refractivity contribution in [1.29, 1.82) is 5.26 Å². The second-order valence-electron chi connectivity index (χ2n) is 7.67. The number of benzene rings is 2. The summed E-state index contributed by atoms with van der Waals surface area (Å²) in [5, 5.41) is 10.5. The summed E-state index contributed by atoms with van der Waals surface area (Å²) < 4.78 is 11.8. The van der Waals surface area contributed by atoms with E-state index in [2.05, 4.69) is 76.8 Å². The van der Waals surface area contributed by atoms with Crippen LogP contribution < -0.4 is 4.74 Å². The Morgan fingerprint density at radius 1 is 1.29 bits per heavy atom. The summed E-state index contributed by atoms with van der Waals surface area (Å²) in [6.45, 7) is 2.37. The number of ether oxygens (including phenoxy) is 2. The molecule has 1 aromatic heterocycles. The van der Waals surface area contributed by atoms with Gasteiger partial charge in [-0.15, -0.1) is 11.3 Å². The number of thiophene rings is 1. The minimum absolute atomic E-state index is 0.217. The monoisotopic (exact) mass is 601 g/mol. The molecule has 0 atom stereocenters. The molecule has 0 N–H and O–H groups in total. The zero-order valence-corrected chi connectivity index (χ0v) is 22.4. The lowest BCUT2D eigenvalue weighted by molar-refractivity contribution is -0.142. The maximum atomic E-state index is 11.5. The van der Waals surface area contributed by atoms with E-state index in [1.165, 1.54) is 17.6 Å². The Morgan fingerprint density at radius 3 is 2.82 bits per heavy atom. The molecule has 0 radical (unpaired) electrons. The first-order valence-corrected chi connectivity index (χ1v) is 12.9. The third kappa shape index (κ3) is 5.76. The van der Waals surface area contributed by atoms with Crippen LogP contribution in [-0.2, 0) is 29.0 Å². The number of halogens is 2. The van der Waals surface area contributed by atoms with Gasteiger partial charge in [0.05, 0.1) is 17.1 Å². The third-order valence-electron chi connectivity index (χ3n) is 5.40. The Bertz CT molecular complexity index is 1270. The molecule has 0 aliphatic carbocycles. The van der Waals surface area contributed by atoms with Gasteiger partial charge >= 0.3 is 5.97 Å². The van der Waals surface area contributed by atoms with Crippen LogP contribution in [0.5, 0.6) is 5.75 Å². The number of aliphatic imine (C=N–C) groups is 1. The van der Waals surface area contributed by atoms with Crippen molar-refractivity contribution in [3.05, 3.63) is 78.5 Å². The second kappa shape index (κ2) is 11.3. The highest BCUT2D eigenvalue weighted by atomic mass is 79.9. The van der Waals surface area contributed by atoms with Crippen molar-refractivity contribution >= 4 is 60.4 Å². The molecule has 2 aromatic carbocycles. The van der Waals surface area contributed by atoms with Gasteiger partial charge in [0.2, 0.25) is 0 Å². The number of methoxy groups -OCH3 is 1. The fourth-order valence-electron chi connectivity index (χ4n) is 3.77. The summed E-state index contributed by atoms with van der Waals surface area (Å²) in [5.41, 5.74) is 3.69. The van der Waals surface area contributed by atoms with E-state index in [0.717, 1.165) is 36.1 Å². The lowest BCUT2D eigenvalue weighted by Crippen LogP contribution is -2.29. The highest BCUT2D eigenvalue weighted by Gasteiger charge is 2.24. The summed E-state index contributed by atoms with van der Waals surface area (Å²) in [4.78, 5) is 19.8. The first kappa shape index (κ1) is 24.6. The maximum absolute atomic E-state index is 11.5. The number of hydrogen-bond donors (Lipinski definition) is 0. The van der Waals surface area contributed by atoms with Gasteiger partial charge in [-0.1, -0.05) is 46.3 Å². The number of carbonyl (C=O) groups excluding carboxylic acids is 1. The largest absolute Gasteiger partial charge is 0.480 e. The second-order valence-corrected chi connectivity index (χ2v) is 10.5. The van der Waals surface area contributed by atoms with Crippen LogP contribution in [0.4, 0.5) is 5.00 Å². The molecule has 6 nitrogen and oxygen atoms in total. The van der Waals surface area contributed by atoms with Crippen LogP contribution in [0.2, 0.25) is 0 Å². The summed E-state index contributed by atoms with van der Waals surface area (Å²) in [6, 6.07) is 16.4. The fourth-order valence-corrected chi connectivity index (χ4v) is 6.33. The van der Waals surface area contributed by atoms with Gasteiger partial charge in [-0.3, -0.25) is 4.90 Å². The molecule has 0 amide bonds. The van der Waals surface area contributed by atoms with E-state index in [-0.39, 0.29) is 6.61 Å². The zero-order valence-electron chi connectivity index (χ0n) is 18.4. The average Bonchev–Trinajstić information content (AvgIpc) is 3.19. The summed E-state index contributed by atoms with van der Waals surface area (Å²) in [7, 11) is 1.31. The van der Waals surface area contributed by atoms with E-state index >= 15 is 0 Å². The van der Waals surface area contributed by atoms with Gasteiger partial charge in [-0.2, -0.15) is 5.26 Å². The molecule has 0 bridgehead atoms. The topological polar surface area (TPSA) is 74.9 Å². The van der Waals surface area contributed by atoms with Crippen LogP contribution in [0.3, 0.4) is 0 Å². The molecule has 0 unspecified atom stereocenters. The van der Waals surface area contributed by atoms with Crippen LogP contribution in [0.15, 0.2) is 56.4 Å². The van der Waals surface area contributed by atoms with Crippen LogP contribution in [-0.4, -0.2) is 37.3 Å². The lowest BCUT2D eigenvalue weighted by atomic mass is 10.0. The molecule has 174 valence electrons. The van der Waals surface area contributed by atoms with E-state index in [1.54, 1.807) is 17.6 Å². The number of nitrogens with zero attached hydrogens (tertiary/aromatic N) is 3. The summed E-state index contributed by atoms with van der Waals surface area (Å²) >= 11 is 8.52. The van der Waals surface area contributed by atoms with Gasteiger partial charge in [0.1, 0.15) is 16.8 Å². The van der Waals surface area contributed by atoms with Gasteiger partial charge in [-0.05, 0) is 45.6 Å². The Hall–Kier alpha value is -2.51. The number of rotatable bonds is 7. The van der Waals surface area contributed by atoms with Crippen LogP contribution in [0.1, 0.15) is 27.1 Å². The SMILES string of the molecule is COC(=O)COc1c(Br)cc(Br)cc1C=Nc1sc2c(c1C#N)CCN(Cc1ccccc1)C2. The Labute approximate surface area is 219 Å². The average molecular weight is 603 g/mol. The highest BCUT2D eigenvalue weighted by Crippen LogP contribution is 2.39. The van der Waals surface area contributed by atoms with E-state index in [1.807, 2.05) is 18.2 Å². The zero-order chi connectivity index (χ0) is 24.1. The lowest BCUT2D eigenvalue weighted by Gasteiger charge is -2.26. The van der Waals surface area contributed by atoms with E-state index < -0.39 is 5.97 Å². The first-order chi connectivity index (χ1) is 16.5. The molecule has 3 aromatic rings. The van der Waals surface area contributed by atoms with Crippen molar-refractivity contribution < 1.29 is 14.3 Å². The quantitative estimate of drug-likeness (QED) is 0.245. The highest BCUT2D eigenvalue weighted by molar-refractivity contribution is 9.11. The molecular weight excluding hydrogens is 582 g/mol. The van der Waals surface area contributed by atoms with Gasteiger partial charge < -0.3 is 9.47 Å². The maximum Gasteiger partial charge on any atom is 0.343 e. The standard InChI is InChI=1S/C25H21Br2N3O3S/c1-32-23(31)15-33-24-17(9-18(26)10-21(24)27)12-29-25-20(11-28)19-7-8-30(14-22(19)34-25)13-16-5-3-2-4-6-16/h2-6,9-10,12H,7-8,13-15H2,1H3. The fraction of sp³-hybridized carbons (Fsp3) is 0.240. The number of esters is 1. The van der Waals surface area contributed by atoms with Crippen molar-refractivity contribution in [2.75, 3.05) is 20.3 Å². The van der Waals surface area contributed by atoms with Crippen LogP contribution in [0.25, 0.3) is 0 Å². The molecular formula is C25H21Br2N3O3S. The Kier molecular flexibility index (Phi) is 8.16. The van der Waals surface area contributed by atoms with Crippen molar-refractivity contribution in [3.8, 4) is 11.8 Å². The van der Waals surface area contributed by atoms with Crippen molar-refractivity contribution in [1.82, 2.24) is 4.90 Å². The smallest absolute Gasteiger partial charge is 0.343 e. The Morgan fingerprint density at radius 2 is 2.09 bits per heavy atom. The summed E-state index contributed by atoms with van der Waals surface area (Å²) in [5.74, 6) is 0.00155. The van der Waals surface area contributed by atoms with Crippen LogP contribution in [0, 0.1) is 11.3 Å². The predicted octanol–water partition coefficient (Wildman–Crippen LogP) is 6.01. The molecule has 34 heavy (non-hydrogen) atoms. The minimum Gasteiger partial charge on any atom is -0.480 e. The van der Waals surface area contributed by atoms with E-state index in [0.29, 0.717) is 26.4 Å². The molecule has 2 heterocycles. The van der Waals surface area contributed by atoms with E-state index in [4.69, 9.17) is 4.74 Å². The first-order valence-electron chi connectivity index (χ1n) is 10.5. The van der Waals surface area contributed by atoms with Gasteiger partial charge in [0, 0.05) is 40.8 Å². The molecule has 4 rings (SSSR count). The summed E-state index contributed by atoms with van der Waals surface area (Å²) in [6.07, 6.45) is 2.50. The van der Waals surface area contributed by atoms with E-state index in [9.17, 15) is 10.1 Å². The predicted molar refractivity (Wildman–Crippen MR) is 140 cm³/mol. The Balaban J connectivity index is 1.58. The molecule has 9 heteroatoms. The normalized spacial score (nSPS) is 13.5. The van der Waals surface area contributed by atoms with Crippen LogP contribution >= 0.6 is 43.2 Å². The molecule has 0 spiro atoms. The van der Waals surface area contributed by atoms with Crippen molar-refractivity contribution in [3.63, 3.8) is 0 Å². The minimum atomic E-state index is -0.476. The van der Waals surface area contributed by atoms with Gasteiger partial charge in [-0.25, -0.2) is 9.79 Å². The van der Waals surface area contributed by atoms with Crippen molar-refractivity contribution in [2.45, 2.75) is 19.5 Å². The molecule has 1 aliphatic heterocycles. The van der Waals surface area contributed by atoms with Gasteiger partial charge in [0.15, 0.2) is 6.61 Å². The molecule has 0 saturated carbocycles. The molecule has 0 saturated heterocycles. The third-order valence-corrected chi connectivity index (χ3v) is 7.57. The number of hydrogen-bond acceptors (Lipinski definition) is 7. The molecule has 1 aliphatic rings. The number of carbonyl (C=O) groups is 1. The number of nitriles is 1. The molecule has 0 fully saturated rings.